The van der Waals surface area contributed by atoms with Gasteiger partial charge in [-0.25, -0.2) is 0 Å². The molecule has 102 valence electrons. The summed E-state index contributed by atoms with van der Waals surface area (Å²) in [6.07, 6.45) is 5.63. The third-order valence-electron chi connectivity index (χ3n) is 3.49. The lowest BCUT2D eigenvalue weighted by molar-refractivity contribution is -0.152. The lowest BCUT2D eigenvalue weighted by atomic mass is 9.87. The van der Waals surface area contributed by atoms with Gasteiger partial charge < -0.3 is 9.64 Å². The van der Waals surface area contributed by atoms with Gasteiger partial charge in [0.15, 0.2) is 0 Å². The van der Waals surface area contributed by atoms with E-state index in [0.717, 1.165) is 25.7 Å². The standard InChI is InChI=1S/C14H23NO3/c1-4-10-15(11-12(16)18-5-2)13(17)14(3)8-6-7-9-14/h4H,1,5-11H2,2-3H3. The lowest BCUT2D eigenvalue weighted by Gasteiger charge is -2.30. The zero-order chi connectivity index (χ0) is 13.6. The van der Waals surface area contributed by atoms with Crippen LogP contribution < -0.4 is 0 Å². The molecule has 18 heavy (non-hydrogen) atoms. The van der Waals surface area contributed by atoms with Crippen LogP contribution in [0.25, 0.3) is 0 Å². The van der Waals surface area contributed by atoms with Gasteiger partial charge >= 0.3 is 5.97 Å². The van der Waals surface area contributed by atoms with Gasteiger partial charge in [0, 0.05) is 12.0 Å². The van der Waals surface area contributed by atoms with Crippen LogP contribution in [0.15, 0.2) is 12.7 Å². The summed E-state index contributed by atoms with van der Waals surface area (Å²) in [5.74, 6) is -0.303. The minimum Gasteiger partial charge on any atom is -0.465 e. The average Bonchev–Trinajstić information content (AvgIpc) is 2.76. The topological polar surface area (TPSA) is 46.6 Å². The Morgan fingerprint density at radius 1 is 1.39 bits per heavy atom. The van der Waals surface area contributed by atoms with E-state index in [0.29, 0.717) is 13.2 Å². The SMILES string of the molecule is C=CCN(CC(=O)OCC)C(=O)C1(C)CCCC1. The molecule has 4 nitrogen and oxygen atoms in total. The number of ether oxygens (including phenoxy) is 1. The van der Waals surface area contributed by atoms with Gasteiger partial charge in [-0.05, 0) is 19.8 Å². The molecule has 0 heterocycles. The minimum absolute atomic E-state index is 0.0221. The first-order valence-corrected chi connectivity index (χ1v) is 6.59. The van der Waals surface area contributed by atoms with Crippen molar-refractivity contribution in [2.24, 2.45) is 5.41 Å². The molecule has 1 rings (SSSR count). The van der Waals surface area contributed by atoms with Gasteiger partial charge in [-0.3, -0.25) is 9.59 Å². The molecular weight excluding hydrogens is 230 g/mol. The van der Waals surface area contributed by atoms with E-state index < -0.39 is 0 Å². The zero-order valence-electron chi connectivity index (χ0n) is 11.4. The van der Waals surface area contributed by atoms with Crippen molar-refractivity contribution >= 4 is 11.9 Å². The molecule has 0 atom stereocenters. The van der Waals surface area contributed by atoms with Crippen LogP contribution in [0.4, 0.5) is 0 Å². The Hall–Kier alpha value is -1.32. The second-order valence-corrected chi connectivity index (χ2v) is 5.05. The first-order valence-electron chi connectivity index (χ1n) is 6.59. The van der Waals surface area contributed by atoms with Crippen molar-refractivity contribution in [3.05, 3.63) is 12.7 Å². The molecule has 1 fully saturated rings. The number of carbonyl (C=O) groups excluding carboxylic acids is 2. The second-order valence-electron chi connectivity index (χ2n) is 5.05. The Morgan fingerprint density at radius 2 is 2.00 bits per heavy atom. The molecule has 0 aliphatic heterocycles. The molecule has 1 aliphatic carbocycles. The fraction of sp³-hybridized carbons (Fsp3) is 0.714. The van der Waals surface area contributed by atoms with Crippen LogP contribution >= 0.6 is 0 Å². The highest BCUT2D eigenvalue weighted by molar-refractivity contribution is 5.86. The monoisotopic (exact) mass is 253 g/mol. The van der Waals surface area contributed by atoms with Crippen molar-refractivity contribution in [2.45, 2.75) is 39.5 Å². The molecule has 0 unspecified atom stereocenters. The molecule has 1 saturated carbocycles. The maximum absolute atomic E-state index is 12.5. The van der Waals surface area contributed by atoms with Gasteiger partial charge in [-0.15, -0.1) is 6.58 Å². The highest BCUT2D eigenvalue weighted by Gasteiger charge is 2.39. The van der Waals surface area contributed by atoms with Crippen molar-refractivity contribution in [2.75, 3.05) is 19.7 Å². The van der Waals surface area contributed by atoms with E-state index in [-0.39, 0.29) is 23.8 Å². The molecule has 0 radical (unpaired) electrons. The van der Waals surface area contributed by atoms with Crippen LogP contribution in [0.2, 0.25) is 0 Å². The molecule has 4 heteroatoms. The molecule has 0 aromatic rings. The van der Waals surface area contributed by atoms with E-state index in [9.17, 15) is 9.59 Å². The van der Waals surface area contributed by atoms with Crippen molar-refractivity contribution in [3.8, 4) is 0 Å². The van der Waals surface area contributed by atoms with Gasteiger partial charge in [-0.1, -0.05) is 25.8 Å². The molecule has 0 bridgehead atoms. The molecule has 0 spiro atoms. The third-order valence-corrected chi connectivity index (χ3v) is 3.49. The number of esters is 1. The highest BCUT2D eigenvalue weighted by atomic mass is 16.5. The van der Waals surface area contributed by atoms with Crippen molar-refractivity contribution in [3.63, 3.8) is 0 Å². The Labute approximate surface area is 109 Å². The van der Waals surface area contributed by atoms with Crippen LogP contribution in [-0.4, -0.2) is 36.5 Å². The molecular formula is C14H23NO3. The van der Waals surface area contributed by atoms with Crippen LogP contribution in [-0.2, 0) is 14.3 Å². The first-order chi connectivity index (χ1) is 8.53. The number of carbonyl (C=O) groups is 2. The summed E-state index contributed by atoms with van der Waals surface area (Å²) < 4.78 is 4.90. The molecule has 1 aliphatic rings. The van der Waals surface area contributed by atoms with Crippen molar-refractivity contribution in [1.82, 2.24) is 4.90 Å². The number of rotatable bonds is 6. The van der Waals surface area contributed by atoms with Crippen molar-refractivity contribution < 1.29 is 14.3 Å². The fourth-order valence-electron chi connectivity index (χ4n) is 2.49. The van der Waals surface area contributed by atoms with E-state index in [1.54, 1.807) is 17.9 Å². The van der Waals surface area contributed by atoms with E-state index >= 15 is 0 Å². The Morgan fingerprint density at radius 3 is 2.50 bits per heavy atom. The Balaban J connectivity index is 2.68. The second kappa shape index (κ2) is 6.57. The van der Waals surface area contributed by atoms with E-state index in [2.05, 4.69) is 6.58 Å². The number of nitrogens with zero attached hydrogens (tertiary/aromatic N) is 1. The van der Waals surface area contributed by atoms with Gasteiger partial charge in [0.25, 0.3) is 0 Å². The maximum Gasteiger partial charge on any atom is 0.325 e. The summed E-state index contributed by atoms with van der Waals surface area (Å²) in [5, 5.41) is 0. The lowest BCUT2D eigenvalue weighted by Crippen LogP contribution is -2.44. The number of amides is 1. The van der Waals surface area contributed by atoms with E-state index in [1.807, 2.05) is 6.92 Å². The number of hydrogen-bond acceptors (Lipinski definition) is 3. The molecule has 0 N–H and O–H groups in total. The fourth-order valence-corrected chi connectivity index (χ4v) is 2.49. The summed E-state index contributed by atoms with van der Waals surface area (Å²) in [7, 11) is 0. The van der Waals surface area contributed by atoms with Crippen LogP contribution in [0, 0.1) is 5.41 Å². The van der Waals surface area contributed by atoms with Crippen LogP contribution in [0.5, 0.6) is 0 Å². The maximum atomic E-state index is 12.5. The normalized spacial score (nSPS) is 17.2. The Kier molecular flexibility index (Phi) is 5.38. The number of hydrogen-bond donors (Lipinski definition) is 0. The molecule has 0 saturated heterocycles. The zero-order valence-corrected chi connectivity index (χ0v) is 11.4. The van der Waals surface area contributed by atoms with Gasteiger partial charge in [0.05, 0.1) is 6.61 Å². The summed E-state index contributed by atoms with van der Waals surface area (Å²) in [5.41, 5.74) is -0.310. The largest absolute Gasteiger partial charge is 0.465 e. The van der Waals surface area contributed by atoms with E-state index in [1.165, 1.54) is 0 Å². The third kappa shape index (κ3) is 3.59. The molecule has 1 amide bonds. The quantitative estimate of drug-likeness (QED) is 0.538. The van der Waals surface area contributed by atoms with Gasteiger partial charge in [0.2, 0.25) is 5.91 Å². The predicted molar refractivity (Wildman–Crippen MR) is 70.0 cm³/mol. The minimum atomic E-state index is -0.353. The van der Waals surface area contributed by atoms with Gasteiger partial charge in [0.1, 0.15) is 6.54 Å². The summed E-state index contributed by atoms with van der Waals surface area (Å²) in [4.78, 5) is 25.5. The van der Waals surface area contributed by atoms with Crippen LogP contribution in [0.3, 0.4) is 0 Å². The average molecular weight is 253 g/mol. The van der Waals surface area contributed by atoms with Crippen LogP contribution in [0.1, 0.15) is 39.5 Å². The van der Waals surface area contributed by atoms with E-state index in [4.69, 9.17) is 4.74 Å². The molecule has 0 aromatic heterocycles. The first kappa shape index (κ1) is 14.7. The summed E-state index contributed by atoms with van der Waals surface area (Å²) >= 11 is 0. The predicted octanol–water partition coefficient (Wildman–Crippen LogP) is 2.14. The highest BCUT2D eigenvalue weighted by Crippen LogP contribution is 2.39. The molecule has 0 aromatic carbocycles. The van der Waals surface area contributed by atoms with Gasteiger partial charge in [-0.2, -0.15) is 0 Å². The summed E-state index contributed by atoms with van der Waals surface area (Å²) in [6, 6.07) is 0. The summed E-state index contributed by atoms with van der Waals surface area (Å²) in [6.45, 7) is 8.15. The Bertz CT molecular complexity index is 319. The smallest absolute Gasteiger partial charge is 0.325 e. The van der Waals surface area contributed by atoms with Crippen molar-refractivity contribution in [1.29, 1.82) is 0 Å².